The van der Waals surface area contributed by atoms with Gasteiger partial charge in [0, 0.05) is 13.1 Å². The highest BCUT2D eigenvalue weighted by molar-refractivity contribution is 7.89. The molecular weight excluding hydrogens is 360 g/mol. The number of primary sulfonamides is 1. The molecule has 0 fully saturated rings. The Hall–Kier alpha value is -1.74. The molecule has 0 aromatic heterocycles. The maximum absolute atomic E-state index is 12.9. The smallest absolute Gasteiger partial charge is 0.225 e. The number of nitrogens with two attached hydrogens (primary N) is 1. The van der Waals surface area contributed by atoms with Crippen molar-refractivity contribution >= 4 is 20.0 Å². The Balaban J connectivity index is 1.95. The maximum atomic E-state index is 12.9. The molecule has 1 unspecified atom stereocenters. The summed E-state index contributed by atoms with van der Waals surface area (Å²) in [6.07, 6.45) is 2.62. The zero-order valence-corrected chi connectivity index (χ0v) is 15.4. The molecule has 0 aliphatic heterocycles. The molecule has 3 rings (SSSR count). The number of nitrogens with zero attached hydrogens (tertiary/aromatic N) is 1. The van der Waals surface area contributed by atoms with Gasteiger partial charge < -0.3 is 0 Å². The van der Waals surface area contributed by atoms with Crippen LogP contribution in [0.5, 0.6) is 0 Å². The largest absolute Gasteiger partial charge is 0.243 e. The molecule has 8 heteroatoms. The summed E-state index contributed by atoms with van der Waals surface area (Å²) in [5, 5.41) is 5.06. The quantitative estimate of drug-likeness (QED) is 0.877. The van der Waals surface area contributed by atoms with E-state index in [1.807, 2.05) is 24.3 Å². The summed E-state index contributed by atoms with van der Waals surface area (Å²) >= 11 is 0. The molecule has 2 aromatic carbocycles. The molecule has 0 radical (unpaired) electrons. The second-order valence-corrected chi connectivity index (χ2v) is 9.70. The molecule has 0 saturated carbocycles. The first kappa shape index (κ1) is 18.1. The first-order valence-electron chi connectivity index (χ1n) is 7.90. The second kappa shape index (κ2) is 6.53. The summed E-state index contributed by atoms with van der Waals surface area (Å²) in [5.74, 6) is 0. The van der Waals surface area contributed by atoms with Crippen LogP contribution in [0.2, 0.25) is 0 Å². The summed E-state index contributed by atoms with van der Waals surface area (Å²) in [4.78, 5) is -0.0671. The van der Waals surface area contributed by atoms with Crippen molar-refractivity contribution in [1.29, 1.82) is 0 Å². The minimum absolute atomic E-state index is 0.0467. The molecule has 1 atom stereocenters. The first-order valence-corrected chi connectivity index (χ1v) is 10.9. The number of fused-ring (bicyclic) bond motifs is 1. The highest BCUT2D eigenvalue weighted by atomic mass is 32.2. The molecule has 0 spiro atoms. The average Bonchev–Trinajstić information content (AvgIpc) is 2.60. The fraction of sp³-hybridized carbons (Fsp3) is 0.294. The van der Waals surface area contributed by atoms with E-state index in [1.54, 1.807) is 7.05 Å². The maximum Gasteiger partial charge on any atom is 0.243 e. The van der Waals surface area contributed by atoms with E-state index in [4.69, 9.17) is 5.14 Å². The highest BCUT2D eigenvalue weighted by Crippen LogP contribution is 2.36. The molecule has 2 N–H and O–H groups in total. The van der Waals surface area contributed by atoms with Crippen molar-refractivity contribution in [2.45, 2.75) is 35.1 Å². The monoisotopic (exact) mass is 380 g/mol. The Kier molecular flexibility index (Phi) is 4.72. The van der Waals surface area contributed by atoms with Crippen molar-refractivity contribution in [3.8, 4) is 0 Å². The minimum atomic E-state index is -3.85. The second-order valence-electron chi connectivity index (χ2n) is 6.14. The van der Waals surface area contributed by atoms with Crippen molar-refractivity contribution in [2.75, 3.05) is 7.05 Å². The van der Waals surface area contributed by atoms with Crippen LogP contribution in [0.4, 0.5) is 0 Å². The Labute approximate surface area is 148 Å². The SMILES string of the molecule is CN(C1CCCc2ccccc21)S(=O)(=O)c1ccc(S(N)(=O)=O)cc1. The van der Waals surface area contributed by atoms with E-state index < -0.39 is 20.0 Å². The molecule has 25 heavy (non-hydrogen) atoms. The van der Waals surface area contributed by atoms with Crippen LogP contribution < -0.4 is 5.14 Å². The molecule has 0 amide bonds. The number of rotatable bonds is 4. The van der Waals surface area contributed by atoms with Crippen LogP contribution >= 0.6 is 0 Å². The molecule has 2 aromatic rings. The summed E-state index contributed by atoms with van der Waals surface area (Å²) in [5.41, 5.74) is 2.20. The third-order valence-corrected chi connectivity index (χ3v) is 7.42. The summed E-state index contributed by atoms with van der Waals surface area (Å²) < 4.78 is 49.9. The van der Waals surface area contributed by atoms with Gasteiger partial charge in [0.1, 0.15) is 0 Å². The van der Waals surface area contributed by atoms with E-state index >= 15 is 0 Å². The molecule has 134 valence electrons. The summed E-state index contributed by atoms with van der Waals surface area (Å²) in [6, 6.07) is 12.6. The molecular formula is C17H20N2O4S2. The van der Waals surface area contributed by atoms with Crippen LogP contribution in [0.3, 0.4) is 0 Å². The van der Waals surface area contributed by atoms with Gasteiger partial charge in [0.25, 0.3) is 0 Å². The normalized spacial score (nSPS) is 18.1. The fourth-order valence-electron chi connectivity index (χ4n) is 3.24. The van der Waals surface area contributed by atoms with Crippen molar-refractivity contribution < 1.29 is 16.8 Å². The van der Waals surface area contributed by atoms with Gasteiger partial charge in [-0.25, -0.2) is 22.0 Å². The molecule has 6 nitrogen and oxygen atoms in total. The Morgan fingerprint density at radius 2 is 1.56 bits per heavy atom. The predicted molar refractivity (Wildman–Crippen MR) is 94.9 cm³/mol. The van der Waals surface area contributed by atoms with Gasteiger partial charge in [0.15, 0.2) is 0 Å². The molecule has 1 aliphatic carbocycles. The third kappa shape index (κ3) is 3.48. The van der Waals surface area contributed by atoms with Crippen molar-refractivity contribution in [3.05, 3.63) is 59.7 Å². The molecule has 0 bridgehead atoms. The highest BCUT2D eigenvalue weighted by Gasteiger charge is 2.32. The van der Waals surface area contributed by atoms with Crippen molar-refractivity contribution in [3.63, 3.8) is 0 Å². The first-order chi connectivity index (χ1) is 11.7. The van der Waals surface area contributed by atoms with E-state index in [9.17, 15) is 16.8 Å². The van der Waals surface area contributed by atoms with Crippen LogP contribution in [0, 0.1) is 0 Å². The van der Waals surface area contributed by atoms with Gasteiger partial charge in [-0.1, -0.05) is 24.3 Å². The van der Waals surface area contributed by atoms with E-state index in [2.05, 4.69) is 0 Å². The zero-order valence-electron chi connectivity index (χ0n) is 13.8. The van der Waals surface area contributed by atoms with Crippen LogP contribution in [-0.2, 0) is 26.5 Å². The van der Waals surface area contributed by atoms with Gasteiger partial charge in [-0.05, 0) is 54.7 Å². The van der Waals surface area contributed by atoms with E-state index in [1.165, 1.54) is 34.1 Å². The van der Waals surface area contributed by atoms with Gasteiger partial charge in [0.2, 0.25) is 20.0 Å². The van der Waals surface area contributed by atoms with Crippen molar-refractivity contribution in [1.82, 2.24) is 4.31 Å². The van der Waals surface area contributed by atoms with E-state index in [0.717, 1.165) is 24.8 Å². The van der Waals surface area contributed by atoms with Crippen LogP contribution in [0.1, 0.15) is 30.0 Å². The van der Waals surface area contributed by atoms with Gasteiger partial charge in [-0.2, -0.15) is 4.31 Å². The summed E-state index contributed by atoms with van der Waals surface area (Å²) in [6.45, 7) is 0. The third-order valence-electron chi connectivity index (χ3n) is 4.61. The topological polar surface area (TPSA) is 97.5 Å². The number of aryl methyl sites for hydroxylation is 1. The van der Waals surface area contributed by atoms with Gasteiger partial charge in [-0.15, -0.1) is 0 Å². The van der Waals surface area contributed by atoms with E-state index in [-0.39, 0.29) is 15.8 Å². The van der Waals surface area contributed by atoms with E-state index in [0.29, 0.717) is 0 Å². The Morgan fingerprint density at radius 3 is 2.20 bits per heavy atom. The Bertz CT molecular complexity index is 984. The average molecular weight is 380 g/mol. The van der Waals surface area contributed by atoms with Crippen molar-refractivity contribution in [2.24, 2.45) is 5.14 Å². The van der Waals surface area contributed by atoms with Crippen LogP contribution in [0.25, 0.3) is 0 Å². The molecule has 0 saturated heterocycles. The lowest BCUT2D eigenvalue weighted by Gasteiger charge is -2.32. The van der Waals surface area contributed by atoms with Gasteiger partial charge >= 0.3 is 0 Å². The van der Waals surface area contributed by atoms with Gasteiger partial charge in [0.05, 0.1) is 9.79 Å². The predicted octanol–water partition coefficient (Wildman–Crippen LogP) is 2.03. The van der Waals surface area contributed by atoms with Crippen LogP contribution in [-0.4, -0.2) is 28.2 Å². The molecule has 0 heterocycles. The lowest BCUT2D eigenvalue weighted by atomic mass is 9.88. The van der Waals surface area contributed by atoms with Gasteiger partial charge in [-0.3, -0.25) is 0 Å². The minimum Gasteiger partial charge on any atom is -0.225 e. The lowest BCUT2D eigenvalue weighted by molar-refractivity contribution is 0.337. The number of sulfonamides is 2. The van der Waals surface area contributed by atoms with Crippen LogP contribution in [0.15, 0.2) is 58.3 Å². The number of benzene rings is 2. The molecule has 1 aliphatic rings. The Morgan fingerprint density at radius 1 is 0.960 bits per heavy atom. The lowest BCUT2D eigenvalue weighted by Crippen LogP contribution is -2.33. The summed E-state index contributed by atoms with van der Waals surface area (Å²) in [7, 11) is -6.03. The zero-order chi connectivity index (χ0) is 18.2. The number of hydrogen-bond acceptors (Lipinski definition) is 4. The standard InChI is InChI=1S/C17H20N2O4S2/c1-19(17-8-4-6-13-5-2-3-7-16(13)17)25(22,23)15-11-9-14(10-12-15)24(18,20)21/h2-3,5,7,9-12,17H,4,6,8H2,1H3,(H2,18,20,21). The fourth-order valence-corrected chi connectivity index (χ4v) is 5.12. The number of hydrogen-bond donors (Lipinski definition) is 1.